The summed E-state index contributed by atoms with van der Waals surface area (Å²) in [5.74, 6) is 0.881. The van der Waals surface area contributed by atoms with Crippen molar-refractivity contribution in [3.63, 3.8) is 0 Å². The van der Waals surface area contributed by atoms with Gasteiger partial charge in [0.05, 0.1) is 21.4 Å². The summed E-state index contributed by atoms with van der Waals surface area (Å²) in [6.45, 7) is 0. The number of hydrogen-bond acceptors (Lipinski definition) is 3. The molecular formula is C18H16Cl4N2O2S. The molecule has 0 aliphatic heterocycles. The lowest BCUT2D eigenvalue weighted by atomic mass is 10.3. The van der Waals surface area contributed by atoms with Crippen LogP contribution < -0.4 is 10.6 Å². The van der Waals surface area contributed by atoms with E-state index < -0.39 is 0 Å². The lowest BCUT2D eigenvalue weighted by Gasteiger charge is -2.08. The quantitative estimate of drug-likeness (QED) is 0.444. The summed E-state index contributed by atoms with van der Waals surface area (Å²) in [4.78, 5) is 23.9. The molecule has 2 aromatic rings. The van der Waals surface area contributed by atoms with E-state index in [1.165, 1.54) is 11.8 Å². The maximum Gasteiger partial charge on any atom is 0.225 e. The highest BCUT2D eigenvalue weighted by atomic mass is 35.5. The van der Waals surface area contributed by atoms with Crippen molar-refractivity contribution in [2.75, 3.05) is 22.1 Å². The van der Waals surface area contributed by atoms with Crippen molar-refractivity contribution in [1.82, 2.24) is 0 Å². The van der Waals surface area contributed by atoms with Crippen LogP contribution in [0.5, 0.6) is 0 Å². The molecule has 144 valence electrons. The highest BCUT2D eigenvalue weighted by molar-refractivity contribution is 7.99. The molecule has 2 rings (SSSR count). The first-order valence-corrected chi connectivity index (χ1v) is 10.6. The van der Waals surface area contributed by atoms with Gasteiger partial charge in [0.1, 0.15) is 0 Å². The zero-order valence-electron chi connectivity index (χ0n) is 14.0. The molecule has 0 aliphatic rings. The number of carbonyl (C=O) groups excluding carboxylic acids is 2. The van der Waals surface area contributed by atoms with E-state index in [0.29, 0.717) is 55.8 Å². The average molecular weight is 466 g/mol. The second kappa shape index (κ2) is 11.0. The number of benzene rings is 2. The molecule has 0 saturated heterocycles. The Hall–Kier alpha value is -1.11. The topological polar surface area (TPSA) is 58.2 Å². The van der Waals surface area contributed by atoms with Crippen LogP contribution in [0.2, 0.25) is 20.1 Å². The van der Waals surface area contributed by atoms with Gasteiger partial charge in [0.25, 0.3) is 0 Å². The third-order valence-corrected chi connectivity index (χ3v) is 5.44. The number of anilines is 2. The SMILES string of the molecule is O=C(CCSCCC(=O)Nc1ccc(Cl)cc1Cl)Nc1ccc(Cl)cc1Cl. The van der Waals surface area contributed by atoms with Gasteiger partial charge < -0.3 is 10.6 Å². The molecule has 0 fully saturated rings. The minimum atomic E-state index is -0.149. The molecule has 0 bridgehead atoms. The summed E-state index contributed by atoms with van der Waals surface area (Å²) in [6, 6.07) is 9.76. The van der Waals surface area contributed by atoms with E-state index in [-0.39, 0.29) is 11.8 Å². The van der Waals surface area contributed by atoms with Crippen molar-refractivity contribution >= 4 is 81.4 Å². The Labute approximate surface area is 181 Å². The third-order valence-electron chi connectivity index (χ3n) is 3.36. The highest BCUT2D eigenvalue weighted by Crippen LogP contribution is 2.26. The minimum absolute atomic E-state index is 0.149. The Morgan fingerprint density at radius 3 is 1.52 bits per heavy atom. The highest BCUT2D eigenvalue weighted by Gasteiger charge is 2.08. The first-order valence-electron chi connectivity index (χ1n) is 7.92. The van der Waals surface area contributed by atoms with E-state index in [1.807, 2.05) is 0 Å². The molecular weight excluding hydrogens is 450 g/mol. The summed E-state index contributed by atoms with van der Waals surface area (Å²) in [7, 11) is 0. The molecule has 27 heavy (non-hydrogen) atoms. The summed E-state index contributed by atoms with van der Waals surface area (Å²) < 4.78 is 0. The molecule has 0 spiro atoms. The van der Waals surface area contributed by atoms with Gasteiger partial charge in [-0.1, -0.05) is 46.4 Å². The van der Waals surface area contributed by atoms with Crippen molar-refractivity contribution in [3.05, 3.63) is 56.5 Å². The predicted molar refractivity (Wildman–Crippen MR) is 117 cm³/mol. The largest absolute Gasteiger partial charge is 0.325 e. The van der Waals surface area contributed by atoms with Crippen molar-refractivity contribution in [1.29, 1.82) is 0 Å². The zero-order chi connectivity index (χ0) is 19.8. The van der Waals surface area contributed by atoms with E-state index in [2.05, 4.69) is 10.6 Å². The normalized spacial score (nSPS) is 10.5. The molecule has 0 heterocycles. The van der Waals surface area contributed by atoms with E-state index in [9.17, 15) is 9.59 Å². The van der Waals surface area contributed by atoms with Crippen LogP contribution in [0.15, 0.2) is 36.4 Å². The fourth-order valence-electron chi connectivity index (χ4n) is 2.04. The molecule has 0 aliphatic carbocycles. The maximum absolute atomic E-state index is 11.9. The van der Waals surface area contributed by atoms with Gasteiger partial charge >= 0.3 is 0 Å². The molecule has 0 atom stereocenters. The van der Waals surface area contributed by atoms with Crippen LogP contribution >= 0.6 is 58.2 Å². The van der Waals surface area contributed by atoms with Crippen LogP contribution in [0.3, 0.4) is 0 Å². The van der Waals surface area contributed by atoms with Gasteiger partial charge in [0, 0.05) is 34.4 Å². The molecule has 9 heteroatoms. The van der Waals surface area contributed by atoms with Crippen molar-refractivity contribution < 1.29 is 9.59 Å². The summed E-state index contributed by atoms with van der Waals surface area (Å²) >= 11 is 25.2. The van der Waals surface area contributed by atoms with Crippen LogP contribution in [0.1, 0.15) is 12.8 Å². The Morgan fingerprint density at radius 1 is 0.741 bits per heavy atom. The number of nitrogens with one attached hydrogen (secondary N) is 2. The first kappa shape index (κ1) is 22.2. The molecule has 0 aromatic heterocycles. The first-order chi connectivity index (χ1) is 12.8. The van der Waals surface area contributed by atoms with Gasteiger partial charge in [-0.2, -0.15) is 11.8 Å². The predicted octanol–water partition coefficient (Wildman–Crippen LogP) is 6.39. The second-order valence-corrected chi connectivity index (χ2v) is 8.37. The summed E-state index contributed by atoms with van der Waals surface area (Å²) in [5, 5.41) is 7.26. The minimum Gasteiger partial charge on any atom is -0.325 e. The van der Waals surface area contributed by atoms with Gasteiger partial charge in [-0.05, 0) is 36.4 Å². The van der Waals surface area contributed by atoms with Crippen LogP contribution in [0.4, 0.5) is 11.4 Å². The maximum atomic E-state index is 11.9. The van der Waals surface area contributed by atoms with Crippen LogP contribution in [-0.4, -0.2) is 23.3 Å². The van der Waals surface area contributed by atoms with Gasteiger partial charge in [0.15, 0.2) is 0 Å². The molecule has 2 N–H and O–H groups in total. The molecule has 0 unspecified atom stereocenters. The fourth-order valence-corrected chi connectivity index (χ4v) is 3.81. The average Bonchev–Trinajstić information content (AvgIpc) is 2.59. The Balaban J connectivity index is 1.64. The Kier molecular flexibility index (Phi) is 9.06. The van der Waals surface area contributed by atoms with E-state index >= 15 is 0 Å². The van der Waals surface area contributed by atoms with Crippen LogP contribution in [0.25, 0.3) is 0 Å². The van der Waals surface area contributed by atoms with Crippen LogP contribution in [-0.2, 0) is 9.59 Å². The van der Waals surface area contributed by atoms with Gasteiger partial charge in [-0.25, -0.2) is 0 Å². The van der Waals surface area contributed by atoms with Gasteiger partial charge in [-0.3, -0.25) is 9.59 Å². The van der Waals surface area contributed by atoms with Crippen molar-refractivity contribution in [2.45, 2.75) is 12.8 Å². The molecule has 0 radical (unpaired) electrons. The zero-order valence-corrected chi connectivity index (χ0v) is 17.9. The van der Waals surface area contributed by atoms with E-state index in [0.717, 1.165) is 0 Å². The summed E-state index contributed by atoms with van der Waals surface area (Å²) in [5.41, 5.74) is 1.05. The molecule has 2 aromatic carbocycles. The van der Waals surface area contributed by atoms with Gasteiger partial charge in [0.2, 0.25) is 11.8 Å². The molecule has 2 amide bonds. The van der Waals surface area contributed by atoms with Crippen molar-refractivity contribution in [3.8, 4) is 0 Å². The standard InChI is InChI=1S/C18H16Cl4N2O2S/c19-11-1-3-15(13(21)9-11)23-17(25)5-7-27-8-6-18(26)24-16-4-2-12(20)10-14(16)22/h1-4,9-10H,5-8H2,(H,23,25)(H,24,26). The Morgan fingerprint density at radius 2 is 1.15 bits per heavy atom. The number of amides is 2. The molecule has 4 nitrogen and oxygen atoms in total. The third kappa shape index (κ3) is 7.80. The van der Waals surface area contributed by atoms with Gasteiger partial charge in [-0.15, -0.1) is 0 Å². The second-order valence-electron chi connectivity index (χ2n) is 5.46. The number of rotatable bonds is 8. The smallest absolute Gasteiger partial charge is 0.225 e. The number of halogens is 4. The number of thioether (sulfide) groups is 1. The summed E-state index contributed by atoms with van der Waals surface area (Å²) in [6.07, 6.45) is 0.627. The Bertz CT molecular complexity index is 766. The number of hydrogen-bond donors (Lipinski definition) is 2. The van der Waals surface area contributed by atoms with E-state index in [4.69, 9.17) is 46.4 Å². The lowest BCUT2D eigenvalue weighted by Crippen LogP contribution is -2.14. The molecule has 0 saturated carbocycles. The van der Waals surface area contributed by atoms with Crippen LogP contribution in [0, 0.1) is 0 Å². The monoisotopic (exact) mass is 464 g/mol. The van der Waals surface area contributed by atoms with E-state index in [1.54, 1.807) is 36.4 Å². The van der Waals surface area contributed by atoms with Crippen molar-refractivity contribution in [2.24, 2.45) is 0 Å². The number of carbonyl (C=O) groups is 2. The fraction of sp³-hybridized carbons (Fsp3) is 0.222. The lowest BCUT2D eigenvalue weighted by molar-refractivity contribution is -0.116.